The second kappa shape index (κ2) is 5.83. The molecule has 1 atom stereocenters. The number of nitrogens with one attached hydrogen (secondary N) is 1. The van der Waals surface area contributed by atoms with E-state index in [1.165, 1.54) is 36.8 Å². The molecule has 1 aromatic rings. The van der Waals surface area contributed by atoms with Crippen molar-refractivity contribution in [3.8, 4) is 11.5 Å². The third-order valence-corrected chi connectivity index (χ3v) is 4.06. The molecule has 0 saturated heterocycles. The monoisotopic (exact) mass is 261 g/mol. The molecule has 3 heteroatoms. The zero-order valence-corrected chi connectivity index (χ0v) is 11.7. The molecule has 3 rings (SSSR count). The van der Waals surface area contributed by atoms with Crippen LogP contribution >= 0.6 is 0 Å². The average molecular weight is 261 g/mol. The molecule has 0 fully saturated rings. The summed E-state index contributed by atoms with van der Waals surface area (Å²) < 4.78 is 11.4. The van der Waals surface area contributed by atoms with Crippen LogP contribution in [0.5, 0.6) is 11.5 Å². The van der Waals surface area contributed by atoms with E-state index in [1.54, 1.807) is 0 Å². The number of rotatable bonds is 4. The highest BCUT2D eigenvalue weighted by Crippen LogP contribution is 2.38. The van der Waals surface area contributed by atoms with Gasteiger partial charge in [0.15, 0.2) is 11.5 Å². The number of ether oxygens (including phenoxy) is 2. The fourth-order valence-electron chi connectivity index (χ4n) is 3.03. The van der Waals surface area contributed by atoms with Gasteiger partial charge in [0, 0.05) is 6.04 Å². The first-order valence-electron chi connectivity index (χ1n) is 7.54. The van der Waals surface area contributed by atoms with Crippen LogP contribution < -0.4 is 14.8 Å². The van der Waals surface area contributed by atoms with Crippen LogP contribution in [0.1, 0.15) is 49.8 Å². The van der Waals surface area contributed by atoms with Gasteiger partial charge >= 0.3 is 0 Å². The van der Waals surface area contributed by atoms with E-state index < -0.39 is 0 Å². The second-order valence-electron chi connectivity index (χ2n) is 5.45. The van der Waals surface area contributed by atoms with Crippen molar-refractivity contribution in [3.63, 3.8) is 0 Å². The van der Waals surface area contributed by atoms with Gasteiger partial charge < -0.3 is 14.8 Å². The first-order chi connectivity index (χ1) is 9.38. The van der Waals surface area contributed by atoms with E-state index in [9.17, 15) is 0 Å². The third kappa shape index (κ3) is 2.71. The first kappa shape index (κ1) is 12.8. The third-order valence-electron chi connectivity index (χ3n) is 4.06. The molecule has 0 bridgehead atoms. The van der Waals surface area contributed by atoms with E-state index in [2.05, 4.69) is 24.4 Å². The van der Waals surface area contributed by atoms with Gasteiger partial charge in [-0.15, -0.1) is 0 Å². The molecule has 19 heavy (non-hydrogen) atoms. The minimum atomic E-state index is 0.492. The van der Waals surface area contributed by atoms with Crippen molar-refractivity contribution >= 4 is 0 Å². The fourth-order valence-corrected chi connectivity index (χ4v) is 3.03. The van der Waals surface area contributed by atoms with Gasteiger partial charge in [0.2, 0.25) is 0 Å². The molecule has 0 saturated carbocycles. The lowest BCUT2D eigenvalue weighted by atomic mass is 9.90. The van der Waals surface area contributed by atoms with Crippen LogP contribution in [-0.2, 0) is 6.42 Å². The van der Waals surface area contributed by atoms with Crippen molar-refractivity contribution in [1.82, 2.24) is 5.32 Å². The highest BCUT2D eigenvalue weighted by atomic mass is 16.6. The largest absolute Gasteiger partial charge is 0.486 e. The molecule has 1 N–H and O–H groups in total. The van der Waals surface area contributed by atoms with E-state index in [1.807, 2.05) is 0 Å². The van der Waals surface area contributed by atoms with Crippen LogP contribution in [0.25, 0.3) is 0 Å². The summed E-state index contributed by atoms with van der Waals surface area (Å²) in [5.74, 6) is 1.85. The summed E-state index contributed by atoms with van der Waals surface area (Å²) >= 11 is 0. The summed E-state index contributed by atoms with van der Waals surface area (Å²) in [6.45, 7) is 4.66. The molecule has 104 valence electrons. The number of hydrogen-bond acceptors (Lipinski definition) is 3. The van der Waals surface area contributed by atoms with Gasteiger partial charge in [-0.1, -0.05) is 26.2 Å². The number of fused-ring (bicyclic) bond motifs is 2. The zero-order valence-electron chi connectivity index (χ0n) is 11.7. The van der Waals surface area contributed by atoms with E-state index in [-0.39, 0.29) is 0 Å². The lowest BCUT2D eigenvalue weighted by Gasteiger charge is -2.29. The van der Waals surface area contributed by atoms with E-state index in [4.69, 9.17) is 9.47 Å². The maximum absolute atomic E-state index is 5.71. The summed E-state index contributed by atoms with van der Waals surface area (Å²) in [5, 5.41) is 3.64. The second-order valence-corrected chi connectivity index (χ2v) is 5.45. The van der Waals surface area contributed by atoms with Crippen LogP contribution in [0.4, 0.5) is 0 Å². The topological polar surface area (TPSA) is 30.5 Å². The number of hydrogen-bond donors (Lipinski definition) is 1. The molecule has 0 spiro atoms. The standard InChI is InChI=1S/C16H23NO2/c1-2-3-4-5-14-13-11-16-15(18-8-9-19-16)10-12(13)6-7-17-14/h10-11,14,17H,2-9H2,1H3. The molecule has 3 nitrogen and oxygen atoms in total. The maximum Gasteiger partial charge on any atom is 0.161 e. The minimum Gasteiger partial charge on any atom is -0.486 e. The van der Waals surface area contributed by atoms with Gasteiger partial charge in [-0.25, -0.2) is 0 Å². The summed E-state index contributed by atoms with van der Waals surface area (Å²) in [6.07, 6.45) is 6.21. The Balaban J connectivity index is 1.82. The van der Waals surface area contributed by atoms with Crippen LogP contribution in [0.15, 0.2) is 12.1 Å². The van der Waals surface area contributed by atoms with E-state index in [0.29, 0.717) is 19.3 Å². The maximum atomic E-state index is 5.71. The van der Waals surface area contributed by atoms with Gasteiger partial charge in [0.25, 0.3) is 0 Å². The van der Waals surface area contributed by atoms with Crippen molar-refractivity contribution in [2.45, 2.75) is 45.1 Å². The molecule has 2 aliphatic heterocycles. The predicted octanol–water partition coefficient (Wildman–Crippen LogP) is 3.22. The van der Waals surface area contributed by atoms with Gasteiger partial charge in [0.05, 0.1) is 0 Å². The first-order valence-corrected chi connectivity index (χ1v) is 7.54. The van der Waals surface area contributed by atoms with Gasteiger partial charge in [-0.2, -0.15) is 0 Å². The summed E-state index contributed by atoms with van der Waals surface area (Å²) in [4.78, 5) is 0. The Bertz CT molecular complexity index is 445. The molecule has 1 unspecified atom stereocenters. The molecular weight excluding hydrogens is 238 g/mol. The zero-order chi connectivity index (χ0) is 13.1. The SMILES string of the molecule is CCCCCC1NCCc2cc3c(cc21)OCCO3. The normalized spacial score (nSPS) is 21.0. The molecule has 0 amide bonds. The minimum absolute atomic E-state index is 0.492. The predicted molar refractivity (Wildman–Crippen MR) is 76.0 cm³/mol. The number of benzene rings is 1. The van der Waals surface area contributed by atoms with Gasteiger partial charge in [-0.3, -0.25) is 0 Å². The Kier molecular flexibility index (Phi) is 3.92. The van der Waals surface area contributed by atoms with E-state index >= 15 is 0 Å². The van der Waals surface area contributed by atoms with Crippen LogP contribution in [0.3, 0.4) is 0 Å². The van der Waals surface area contributed by atoms with Crippen LogP contribution in [-0.4, -0.2) is 19.8 Å². The molecule has 0 aromatic heterocycles. The Morgan fingerprint density at radius 2 is 1.95 bits per heavy atom. The highest BCUT2D eigenvalue weighted by Gasteiger charge is 2.23. The summed E-state index contributed by atoms with van der Waals surface area (Å²) in [6, 6.07) is 4.88. The Labute approximate surface area is 115 Å². The van der Waals surface area contributed by atoms with E-state index in [0.717, 1.165) is 24.5 Å². The number of unbranched alkanes of at least 4 members (excludes halogenated alkanes) is 2. The smallest absolute Gasteiger partial charge is 0.161 e. The molecule has 0 radical (unpaired) electrons. The molecular formula is C16H23NO2. The van der Waals surface area contributed by atoms with Crippen molar-refractivity contribution in [1.29, 1.82) is 0 Å². The van der Waals surface area contributed by atoms with Crippen molar-refractivity contribution in [2.24, 2.45) is 0 Å². The van der Waals surface area contributed by atoms with Crippen LogP contribution in [0, 0.1) is 0 Å². The summed E-state index contributed by atoms with van der Waals surface area (Å²) in [5.41, 5.74) is 2.86. The van der Waals surface area contributed by atoms with Crippen molar-refractivity contribution in [3.05, 3.63) is 23.3 Å². The molecule has 1 aromatic carbocycles. The Morgan fingerprint density at radius 1 is 1.16 bits per heavy atom. The Morgan fingerprint density at radius 3 is 2.74 bits per heavy atom. The van der Waals surface area contributed by atoms with Gasteiger partial charge in [0.1, 0.15) is 13.2 Å². The lowest BCUT2D eigenvalue weighted by Crippen LogP contribution is -2.30. The Hall–Kier alpha value is -1.22. The van der Waals surface area contributed by atoms with Crippen molar-refractivity contribution < 1.29 is 9.47 Å². The molecule has 2 heterocycles. The summed E-state index contributed by atoms with van der Waals surface area (Å²) in [7, 11) is 0. The van der Waals surface area contributed by atoms with Gasteiger partial charge in [-0.05, 0) is 42.6 Å². The highest BCUT2D eigenvalue weighted by molar-refractivity contribution is 5.50. The average Bonchev–Trinajstić information content (AvgIpc) is 2.46. The molecule has 0 aliphatic carbocycles. The van der Waals surface area contributed by atoms with Crippen molar-refractivity contribution in [2.75, 3.05) is 19.8 Å². The quantitative estimate of drug-likeness (QED) is 0.844. The fraction of sp³-hybridized carbons (Fsp3) is 0.625. The molecule has 2 aliphatic rings. The van der Waals surface area contributed by atoms with Crippen LogP contribution in [0.2, 0.25) is 0 Å². The lowest BCUT2D eigenvalue weighted by molar-refractivity contribution is 0.171.